The van der Waals surface area contributed by atoms with Crippen LogP contribution < -0.4 is 0 Å². The molecule has 12 nitrogen and oxygen atoms in total. The van der Waals surface area contributed by atoms with E-state index in [0.29, 0.717) is 67.1 Å². The van der Waals surface area contributed by atoms with Crippen molar-refractivity contribution in [2.45, 2.75) is 0 Å². The lowest BCUT2D eigenvalue weighted by Crippen LogP contribution is -1.94. The highest BCUT2D eigenvalue weighted by Gasteiger charge is 2.24. The number of hydrogen-bond donors (Lipinski definition) is 2. The van der Waals surface area contributed by atoms with Crippen molar-refractivity contribution in [2.24, 2.45) is 0 Å². The van der Waals surface area contributed by atoms with Gasteiger partial charge >= 0.3 is 0 Å². The van der Waals surface area contributed by atoms with Crippen LogP contribution in [0.25, 0.3) is 90.9 Å². The second kappa shape index (κ2) is 13.0. The number of fused-ring (bicyclic) bond motifs is 8. The lowest BCUT2D eigenvalue weighted by atomic mass is 10.0. The number of para-hydroxylation sites is 2. The second-order valence-corrected chi connectivity index (χ2v) is 12.5. The molecule has 2 N–H and O–H groups in total. The molecule has 0 atom stereocenters. The molecular weight excluding hydrogens is 681 g/mol. The number of rotatable bonds is 6. The average molecular weight is 707 g/mol. The molecule has 0 amide bonds. The van der Waals surface area contributed by atoms with Crippen molar-refractivity contribution in [3.8, 4) is 44.5 Å². The number of nitro benzene ring substituents is 2. The molecule has 0 saturated heterocycles. The van der Waals surface area contributed by atoms with Crippen molar-refractivity contribution >= 4 is 57.7 Å². The SMILES string of the molecule is O=[N+]([O-])c1ccccc1-c1c2nc(c(-c3ccncc3)c3ccc([nH]3)c(-c3ccccc3[N+](=O)[O-])c3nc(c(-c4ccncc4)c4ccc1[nH]4)C=C3)C=C2. The Morgan fingerprint density at radius 3 is 1.13 bits per heavy atom. The minimum atomic E-state index is -0.390. The van der Waals surface area contributed by atoms with E-state index in [4.69, 9.17) is 9.97 Å². The third kappa shape index (κ3) is 5.51. The van der Waals surface area contributed by atoms with Crippen LogP contribution in [-0.4, -0.2) is 39.8 Å². The van der Waals surface area contributed by atoms with Crippen LogP contribution in [0.5, 0.6) is 0 Å². The van der Waals surface area contributed by atoms with Crippen molar-refractivity contribution in [1.29, 1.82) is 0 Å². The van der Waals surface area contributed by atoms with E-state index in [-0.39, 0.29) is 21.2 Å². The third-order valence-corrected chi connectivity index (χ3v) is 9.43. The largest absolute Gasteiger partial charge is 0.354 e. The molecule has 2 aromatic carbocycles. The van der Waals surface area contributed by atoms with Gasteiger partial charge in [-0.15, -0.1) is 0 Å². The van der Waals surface area contributed by atoms with Gasteiger partial charge in [0.1, 0.15) is 0 Å². The van der Waals surface area contributed by atoms with Gasteiger partial charge in [0.05, 0.1) is 43.7 Å². The standard InChI is InChI=1S/C42H26N8O4/c51-49(52)37-7-3-1-5-27(37)41-33-13-9-29(45-33)39(25-17-21-43-22-18-25)31-11-15-35(47-31)42(28-6-2-4-8-38(28)50(53)54)36-16-12-32(48-36)40(26-19-23-44-24-20-26)30-10-14-34(41)46-30/h1-24,45,48H. The van der Waals surface area contributed by atoms with E-state index in [1.165, 1.54) is 12.1 Å². The highest BCUT2D eigenvalue weighted by atomic mass is 16.6. The summed E-state index contributed by atoms with van der Waals surface area (Å²) in [7, 11) is 0. The minimum absolute atomic E-state index is 0.0614. The van der Waals surface area contributed by atoms with Crippen LogP contribution in [0.2, 0.25) is 0 Å². The number of H-pyrrole nitrogens is 2. The van der Waals surface area contributed by atoms with E-state index < -0.39 is 0 Å². The van der Waals surface area contributed by atoms with Crippen LogP contribution in [0.1, 0.15) is 22.8 Å². The molecular formula is C42H26N8O4. The van der Waals surface area contributed by atoms with Crippen LogP contribution in [0, 0.1) is 20.2 Å². The maximum atomic E-state index is 12.4. The van der Waals surface area contributed by atoms with Crippen LogP contribution in [0.3, 0.4) is 0 Å². The summed E-state index contributed by atoms with van der Waals surface area (Å²) in [6.07, 6.45) is 14.2. The maximum absolute atomic E-state index is 12.4. The predicted octanol–water partition coefficient (Wildman–Crippen LogP) is 9.93. The fourth-order valence-electron chi connectivity index (χ4n) is 7.11. The molecule has 5 aromatic heterocycles. The molecule has 54 heavy (non-hydrogen) atoms. The summed E-state index contributed by atoms with van der Waals surface area (Å²) in [6.45, 7) is 0. The van der Waals surface area contributed by atoms with Crippen LogP contribution in [-0.2, 0) is 0 Å². The second-order valence-electron chi connectivity index (χ2n) is 12.5. The van der Waals surface area contributed by atoms with Crippen molar-refractivity contribution in [3.05, 3.63) is 165 Å². The first kappa shape index (κ1) is 32.1. The van der Waals surface area contributed by atoms with Gasteiger partial charge in [-0.05, 0) is 96.1 Å². The fourth-order valence-corrected chi connectivity index (χ4v) is 7.11. The summed E-state index contributed by atoms with van der Waals surface area (Å²) in [5.74, 6) is 0. The number of aromatic amines is 2. The summed E-state index contributed by atoms with van der Waals surface area (Å²) in [5, 5.41) is 24.8. The molecule has 12 heteroatoms. The number of nitro groups is 2. The molecule has 2 aliphatic heterocycles. The third-order valence-electron chi connectivity index (χ3n) is 9.43. The number of nitrogens with zero attached hydrogens (tertiary/aromatic N) is 6. The zero-order chi connectivity index (χ0) is 36.8. The van der Waals surface area contributed by atoms with Gasteiger partial charge in [-0.2, -0.15) is 0 Å². The smallest absolute Gasteiger partial charge is 0.277 e. The lowest BCUT2D eigenvalue weighted by Gasteiger charge is -2.07. The zero-order valence-corrected chi connectivity index (χ0v) is 28.2. The Kier molecular flexibility index (Phi) is 7.74. The summed E-state index contributed by atoms with van der Waals surface area (Å²) < 4.78 is 0. The number of aromatic nitrogens is 6. The van der Waals surface area contributed by atoms with Crippen molar-refractivity contribution < 1.29 is 9.85 Å². The molecule has 0 spiro atoms. The van der Waals surface area contributed by atoms with E-state index in [1.807, 2.05) is 72.8 Å². The highest BCUT2D eigenvalue weighted by Crippen LogP contribution is 2.41. The molecule has 0 aliphatic carbocycles. The highest BCUT2D eigenvalue weighted by molar-refractivity contribution is 6.01. The Morgan fingerprint density at radius 1 is 0.426 bits per heavy atom. The van der Waals surface area contributed by atoms with Crippen molar-refractivity contribution in [1.82, 2.24) is 29.9 Å². The fraction of sp³-hybridized carbons (Fsp3) is 0. The number of pyridine rings is 2. The molecule has 0 radical (unpaired) electrons. The normalized spacial score (nSPS) is 11.9. The molecule has 0 saturated carbocycles. The topological polar surface area (TPSA) is 169 Å². The first-order chi connectivity index (χ1) is 26.4. The molecule has 258 valence electrons. The Morgan fingerprint density at radius 2 is 0.759 bits per heavy atom. The first-order valence-corrected chi connectivity index (χ1v) is 16.9. The quantitative estimate of drug-likeness (QED) is 0.127. The zero-order valence-electron chi connectivity index (χ0n) is 28.2. The van der Waals surface area contributed by atoms with E-state index in [1.54, 1.807) is 61.2 Å². The van der Waals surface area contributed by atoms with Crippen LogP contribution in [0.15, 0.2) is 122 Å². The predicted molar refractivity (Wildman–Crippen MR) is 210 cm³/mol. The first-order valence-electron chi connectivity index (χ1n) is 16.9. The Hall–Kier alpha value is -7.86. The Balaban J connectivity index is 1.50. The van der Waals surface area contributed by atoms with Gasteiger partial charge in [0.15, 0.2) is 0 Å². The number of nitrogens with one attached hydrogen (secondary N) is 2. The summed E-state index contributed by atoms with van der Waals surface area (Å²) >= 11 is 0. The van der Waals surface area contributed by atoms with Crippen molar-refractivity contribution in [2.75, 3.05) is 0 Å². The molecule has 2 aliphatic rings. The van der Waals surface area contributed by atoms with Gasteiger partial charge in [-0.25, -0.2) is 9.97 Å². The van der Waals surface area contributed by atoms with E-state index in [9.17, 15) is 20.2 Å². The summed E-state index contributed by atoms with van der Waals surface area (Å²) in [6, 6.07) is 28.3. The summed E-state index contributed by atoms with van der Waals surface area (Å²) in [4.78, 5) is 49.9. The van der Waals surface area contributed by atoms with Crippen LogP contribution >= 0.6 is 0 Å². The Bertz CT molecular complexity index is 2700. The minimum Gasteiger partial charge on any atom is -0.354 e. The number of benzene rings is 2. The van der Waals surface area contributed by atoms with Gasteiger partial charge in [0.2, 0.25) is 0 Å². The van der Waals surface area contributed by atoms with Gasteiger partial charge in [-0.1, -0.05) is 24.3 Å². The van der Waals surface area contributed by atoms with Gasteiger partial charge < -0.3 is 9.97 Å². The van der Waals surface area contributed by atoms with Gasteiger partial charge in [0.25, 0.3) is 11.4 Å². The van der Waals surface area contributed by atoms with E-state index >= 15 is 0 Å². The van der Waals surface area contributed by atoms with Gasteiger partial charge in [-0.3, -0.25) is 30.2 Å². The molecule has 0 fully saturated rings. The van der Waals surface area contributed by atoms with E-state index in [0.717, 1.165) is 22.3 Å². The molecule has 7 aromatic rings. The molecule has 7 heterocycles. The molecule has 9 rings (SSSR count). The number of hydrogen-bond acceptors (Lipinski definition) is 8. The maximum Gasteiger partial charge on any atom is 0.277 e. The van der Waals surface area contributed by atoms with Crippen molar-refractivity contribution in [3.63, 3.8) is 0 Å². The molecule has 0 unspecified atom stereocenters. The lowest BCUT2D eigenvalue weighted by molar-refractivity contribution is -0.384. The average Bonchev–Trinajstić information content (AvgIpc) is 4.04. The molecule has 8 bridgehead atoms. The summed E-state index contributed by atoms with van der Waals surface area (Å²) in [5.41, 5.74) is 9.71. The monoisotopic (exact) mass is 706 g/mol. The van der Waals surface area contributed by atoms with Gasteiger partial charge in [0, 0.05) is 81.2 Å². The van der Waals surface area contributed by atoms with Crippen LogP contribution in [0.4, 0.5) is 11.4 Å². The van der Waals surface area contributed by atoms with E-state index in [2.05, 4.69) is 19.9 Å². The Labute approximate surface area is 306 Å².